The lowest BCUT2D eigenvalue weighted by atomic mass is 9.99. The fourth-order valence-electron chi connectivity index (χ4n) is 3.24. The molecule has 4 aromatic rings. The Morgan fingerprint density at radius 3 is 2.63 bits per heavy atom. The highest BCUT2D eigenvalue weighted by Crippen LogP contribution is 2.29. The molecule has 0 radical (unpaired) electrons. The van der Waals surface area contributed by atoms with Crippen LogP contribution in [0.3, 0.4) is 0 Å². The first kappa shape index (κ1) is 19.5. The largest absolute Gasteiger partial charge is 0.494 e. The van der Waals surface area contributed by atoms with Gasteiger partial charge in [0.15, 0.2) is 11.6 Å². The van der Waals surface area contributed by atoms with E-state index in [9.17, 15) is 14.3 Å². The maximum Gasteiger partial charge on any atom is 0.368 e. The molecule has 1 atom stereocenters. The molecule has 0 aliphatic carbocycles. The Labute approximate surface area is 170 Å². The summed E-state index contributed by atoms with van der Waals surface area (Å²) >= 11 is 0. The maximum absolute atomic E-state index is 14.0. The van der Waals surface area contributed by atoms with Crippen LogP contribution in [0.4, 0.5) is 4.39 Å². The molecule has 0 spiro atoms. The molecule has 0 saturated carbocycles. The maximum atomic E-state index is 14.0. The Morgan fingerprint density at radius 2 is 1.97 bits per heavy atom. The predicted octanol–water partition coefficient (Wildman–Crippen LogP) is 1.69. The average molecular weight is 410 g/mol. The summed E-state index contributed by atoms with van der Waals surface area (Å²) in [7, 11) is 2.88. The molecule has 2 heterocycles. The highest BCUT2D eigenvalue weighted by Gasteiger charge is 2.22. The van der Waals surface area contributed by atoms with Crippen LogP contribution in [0.2, 0.25) is 0 Å². The molecule has 0 saturated heterocycles. The molecule has 0 amide bonds. The number of aliphatic hydroxyl groups excluding tert-OH is 1. The zero-order chi connectivity index (χ0) is 21.4. The smallest absolute Gasteiger partial charge is 0.368 e. The van der Waals surface area contributed by atoms with Crippen molar-refractivity contribution in [3.05, 3.63) is 81.8 Å². The summed E-state index contributed by atoms with van der Waals surface area (Å²) in [5, 5.41) is 23.1. The van der Waals surface area contributed by atoms with Crippen LogP contribution in [0.1, 0.15) is 22.9 Å². The van der Waals surface area contributed by atoms with Gasteiger partial charge in [-0.3, -0.25) is 0 Å². The minimum atomic E-state index is -1.14. The molecule has 0 aliphatic rings. The summed E-state index contributed by atoms with van der Waals surface area (Å²) in [6, 6.07) is 11.3. The normalized spacial score (nSPS) is 12.2. The molecule has 10 heteroatoms. The number of halogens is 1. The fourth-order valence-corrected chi connectivity index (χ4v) is 3.24. The van der Waals surface area contributed by atoms with Crippen molar-refractivity contribution in [1.29, 1.82) is 0 Å². The van der Waals surface area contributed by atoms with Gasteiger partial charge >= 0.3 is 5.69 Å². The zero-order valence-corrected chi connectivity index (χ0v) is 16.5. The lowest BCUT2D eigenvalue weighted by Gasteiger charge is -2.16. The monoisotopic (exact) mass is 410 g/mol. The van der Waals surface area contributed by atoms with Gasteiger partial charge in [-0.25, -0.2) is 13.9 Å². The molecule has 0 aliphatic heterocycles. The van der Waals surface area contributed by atoms with Crippen LogP contribution < -0.4 is 10.4 Å². The van der Waals surface area contributed by atoms with Gasteiger partial charge in [0.05, 0.1) is 24.2 Å². The summed E-state index contributed by atoms with van der Waals surface area (Å²) in [4.78, 5) is 12.3. The first-order chi connectivity index (χ1) is 14.4. The molecule has 9 nitrogen and oxygen atoms in total. The van der Waals surface area contributed by atoms with Crippen molar-refractivity contribution in [2.75, 3.05) is 7.11 Å². The van der Waals surface area contributed by atoms with E-state index in [1.165, 1.54) is 31.0 Å². The van der Waals surface area contributed by atoms with Crippen molar-refractivity contribution in [3.63, 3.8) is 0 Å². The molecular formula is C20H19FN6O3. The van der Waals surface area contributed by atoms with Crippen molar-refractivity contribution in [1.82, 2.24) is 29.6 Å². The minimum absolute atomic E-state index is 0.130. The quantitative estimate of drug-likeness (QED) is 0.538. The van der Waals surface area contributed by atoms with E-state index in [-0.39, 0.29) is 5.75 Å². The number of benzene rings is 2. The first-order valence-corrected chi connectivity index (χ1v) is 9.07. The van der Waals surface area contributed by atoms with Crippen molar-refractivity contribution in [2.45, 2.75) is 13.0 Å². The number of rotatable bonds is 5. The van der Waals surface area contributed by atoms with Crippen molar-refractivity contribution >= 4 is 0 Å². The van der Waals surface area contributed by atoms with Gasteiger partial charge in [0.25, 0.3) is 0 Å². The van der Waals surface area contributed by atoms with Gasteiger partial charge in [0, 0.05) is 24.9 Å². The van der Waals surface area contributed by atoms with Crippen molar-refractivity contribution in [2.24, 2.45) is 7.05 Å². The number of hydrogen-bond donors (Lipinski definition) is 1. The van der Waals surface area contributed by atoms with Crippen LogP contribution in [-0.2, 0) is 7.05 Å². The molecule has 4 rings (SSSR count). The number of nitrogens with zero attached hydrogens (tertiary/aromatic N) is 6. The van der Waals surface area contributed by atoms with Crippen LogP contribution >= 0.6 is 0 Å². The number of aromatic nitrogens is 6. The molecule has 2 aromatic heterocycles. The standard InChI is InChI=1S/C20H19FN6O3/c1-12-5-4-6-16(27-20(29)25(2)23-24-27)18(12)19(28)15-9-10-26(22-15)13-7-8-17(30-3)14(21)11-13/h4-11,19,28H,1-3H3. The SMILES string of the molecule is COc1ccc(-n2ccc(C(O)c3c(C)cccc3-n3nnn(C)c3=O)n2)cc1F. The van der Waals surface area contributed by atoms with Crippen molar-refractivity contribution < 1.29 is 14.2 Å². The number of aliphatic hydroxyl groups is 1. The second-order valence-corrected chi connectivity index (χ2v) is 6.71. The highest BCUT2D eigenvalue weighted by atomic mass is 19.1. The van der Waals surface area contributed by atoms with E-state index in [0.717, 1.165) is 14.9 Å². The van der Waals surface area contributed by atoms with Crippen LogP contribution in [0.5, 0.6) is 5.75 Å². The van der Waals surface area contributed by atoms with E-state index in [4.69, 9.17) is 4.74 Å². The van der Waals surface area contributed by atoms with Crippen LogP contribution in [0.25, 0.3) is 11.4 Å². The first-order valence-electron chi connectivity index (χ1n) is 9.07. The van der Waals surface area contributed by atoms with E-state index in [2.05, 4.69) is 15.5 Å². The van der Waals surface area contributed by atoms with E-state index in [0.29, 0.717) is 22.6 Å². The Balaban J connectivity index is 1.75. The second-order valence-electron chi connectivity index (χ2n) is 6.71. The second kappa shape index (κ2) is 7.56. The third kappa shape index (κ3) is 3.26. The lowest BCUT2D eigenvalue weighted by molar-refractivity contribution is 0.213. The Kier molecular flexibility index (Phi) is 4.92. The van der Waals surface area contributed by atoms with E-state index in [1.54, 1.807) is 30.5 Å². The highest BCUT2D eigenvalue weighted by molar-refractivity contribution is 5.48. The Bertz CT molecular complexity index is 1280. The van der Waals surface area contributed by atoms with Gasteiger partial charge in [0.2, 0.25) is 0 Å². The predicted molar refractivity (Wildman–Crippen MR) is 105 cm³/mol. The topological polar surface area (TPSA) is 100.0 Å². The summed E-state index contributed by atoms with van der Waals surface area (Å²) < 4.78 is 22.6. The third-order valence-electron chi connectivity index (χ3n) is 4.81. The number of hydrogen-bond acceptors (Lipinski definition) is 6. The van der Waals surface area contributed by atoms with Crippen LogP contribution in [-0.4, -0.2) is 41.8 Å². The van der Waals surface area contributed by atoms with E-state index >= 15 is 0 Å². The van der Waals surface area contributed by atoms with Gasteiger partial charge < -0.3 is 9.84 Å². The summed E-state index contributed by atoms with van der Waals surface area (Å²) in [6.07, 6.45) is 0.478. The van der Waals surface area contributed by atoms with Gasteiger partial charge in [0.1, 0.15) is 6.10 Å². The van der Waals surface area contributed by atoms with Gasteiger partial charge in [-0.05, 0) is 47.2 Å². The van der Waals surface area contributed by atoms with Gasteiger partial charge in [-0.15, -0.1) is 0 Å². The van der Waals surface area contributed by atoms with E-state index < -0.39 is 17.6 Å². The van der Waals surface area contributed by atoms with Gasteiger partial charge in [-0.1, -0.05) is 12.1 Å². The number of ether oxygens (including phenoxy) is 1. The van der Waals surface area contributed by atoms with Crippen molar-refractivity contribution in [3.8, 4) is 17.1 Å². The zero-order valence-electron chi connectivity index (χ0n) is 16.5. The summed E-state index contributed by atoms with van der Waals surface area (Å²) in [5.41, 5.74) is 2.01. The molecule has 0 bridgehead atoms. The molecule has 1 N–H and O–H groups in total. The fraction of sp³-hybridized carbons (Fsp3) is 0.200. The molecule has 1 unspecified atom stereocenters. The van der Waals surface area contributed by atoms with Crippen LogP contribution in [0.15, 0.2) is 53.5 Å². The number of methoxy groups -OCH3 is 1. The molecule has 0 fully saturated rings. The molecular weight excluding hydrogens is 391 g/mol. The molecule has 154 valence electrons. The summed E-state index contributed by atoms with van der Waals surface area (Å²) in [6.45, 7) is 1.82. The van der Waals surface area contributed by atoms with Gasteiger partial charge in [-0.2, -0.15) is 14.5 Å². The molecule has 2 aromatic carbocycles. The van der Waals surface area contributed by atoms with Crippen LogP contribution in [0, 0.1) is 12.7 Å². The molecule has 30 heavy (non-hydrogen) atoms. The third-order valence-corrected chi connectivity index (χ3v) is 4.81. The lowest BCUT2D eigenvalue weighted by Crippen LogP contribution is -2.23. The Morgan fingerprint density at radius 1 is 1.17 bits per heavy atom. The summed E-state index contributed by atoms with van der Waals surface area (Å²) in [5.74, 6) is -0.388. The minimum Gasteiger partial charge on any atom is -0.494 e. The number of tetrazole rings is 1. The Hall–Kier alpha value is -3.79. The number of aryl methyl sites for hydroxylation is 2. The van der Waals surface area contributed by atoms with E-state index in [1.807, 2.05) is 13.0 Å². The average Bonchev–Trinajstić information content (AvgIpc) is 3.35.